The van der Waals surface area contributed by atoms with E-state index in [2.05, 4.69) is 15.3 Å². The van der Waals surface area contributed by atoms with Crippen LogP contribution in [0.4, 0.5) is 11.4 Å². The number of benzene rings is 2. The van der Waals surface area contributed by atoms with Crippen molar-refractivity contribution in [2.24, 2.45) is 4.99 Å². The van der Waals surface area contributed by atoms with Crippen LogP contribution in [0.25, 0.3) is 10.9 Å². The van der Waals surface area contributed by atoms with Gasteiger partial charge in [0, 0.05) is 30.0 Å². The molecule has 0 fully saturated rings. The standard InChI is InChI=1S/C19H19N3O3/c1-24-15-4-3-11(7-16(15)25-2)9-21-14-8-13-17-12(5-6-20-13)10-22-18(17)19(14)23/h3-4,7-10,20,22-23H,5-6H2,1-2H3. The number of nitrogens with zero attached hydrogens (tertiary/aromatic N) is 1. The first kappa shape index (κ1) is 15.4. The lowest BCUT2D eigenvalue weighted by Crippen LogP contribution is -2.09. The van der Waals surface area contributed by atoms with Crippen LogP contribution in [0.3, 0.4) is 0 Å². The van der Waals surface area contributed by atoms with E-state index in [1.165, 1.54) is 5.56 Å². The maximum absolute atomic E-state index is 10.6. The highest BCUT2D eigenvalue weighted by Gasteiger charge is 2.18. The molecule has 25 heavy (non-hydrogen) atoms. The molecule has 0 amide bonds. The van der Waals surface area contributed by atoms with Crippen molar-refractivity contribution >= 4 is 28.5 Å². The number of aliphatic imine (C=N–C) groups is 1. The molecule has 2 aromatic carbocycles. The molecule has 3 aromatic rings. The Morgan fingerprint density at radius 3 is 2.80 bits per heavy atom. The van der Waals surface area contributed by atoms with Gasteiger partial charge in [0.05, 0.1) is 19.7 Å². The minimum absolute atomic E-state index is 0.158. The van der Waals surface area contributed by atoms with Crippen LogP contribution in [-0.2, 0) is 6.42 Å². The number of aromatic nitrogens is 1. The molecule has 0 radical (unpaired) electrons. The van der Waals surface area contributed by atoms with E-state index in [0.29, 0.717) is 17.2 Å². The molecule has 1 aliphatic heterocycles. The second-order valence-electron chi connectivity index (χ2n) is 5.91. The minimum Gasteiger partial charge on any atom is -0.504 e. The number of phenolic OH excluding ortho intramolecular Hbond substituents is 1. The van der Waals surface area contributed by atoms with Crippen molar-refractivity contribution < 1.29 is 14.6 Å². The van der Waals surface area contributed by atoms with Crippen molar-refractivity contribution in [1.29, 1.82) is 0 Å². The maximum atomic E-state index is 10.6. The molecule has 0 atom stereocenters. The van der Waals surface area contributed by atoms with E-state index in [1.54, 1.807) is 20.4 Å². The minimum atomic E-state index is 0.158. The van der Waals surface area contributed by atoms with E-state index in [-0.39, 0.29) is 5.75 Å². The van der Waals surface area contributed by atoms with Gasteiger partial charge in [0.2, 0.25) is 0 Å². The highest BCUT2D eigenvalue weighted by atomic mass is 16.5. The summed E-state index contributed by atoms with van der Waals surface area (Å²) in [4.78, 5) is 7.63. The fourth-order valence-electron chi connectivity index (χ4n) is 3.21. The SMILES string of the molecule is COc1ccc(C=Nc2cc3c4c(c[nH]c4c2O)CCN3)cc1OC. The number of anilines is 1. The van der Waals surface area contributed by atoms with E-state index in [0.717, 1.165) is 35.1 Å². The number of H-pyrrole nitrogens is 1. The first-order chi connectivity index (χ1) is 12.2. The number of phenols is 1. The molecule has 4 rings (SSSR count). The van der Waals surface area contributed by atoms with Gasteiger partial charge in [0.1, 0.15) is 5.69 Å². The summed E-state index contributed by atoms with van der Waals surface area (Å²) in [7, 11) is 3.19. The highest BCUT2D eigenvalue weighted by molar-refractivity contribution is 6.03. The third kappa shape index (κ3) is 2.55. The third-order valence-electron chi connectivity index (χ3n) is 4.46. The van der Waals surface area contributed by atoms with Gasteiger partial charge in [-0.1, -0.05) is 0 Å². The average Bonchev–Trinajstić information content (AvgIpc) is 3.09. The van der Waals surface area contributed by atoms with Crippen LogP contribution in [0.15, 0.2) is 35.5 Å². The Bertz CT molecular complexity index is 976. The van der Waals surface area contributed by atoms with Gasteiger partial charge in [-0.3, -0.25) is 4.99 Å². The summed E-state index contributed by atoms with van der Waals surface area (Å²) >= 11 is 0. The number of hydrogen-bond acceptors (Lipinski definition) is 5. The van der Waals surface area contributed by atoms with Crippen molar-refractivity contribution in [3.8, 4) is 17.2 Å². The Hall–Kier alpha value is -3.15. The number of nitrogens with one attached hydrogen (secondary N) is 2. The van der Waals surface area contributed by atoms with E-state index >= 15 is 0 Å². The molecule has 0 saturated carbocycles. The molecule has 128 valence electrons. The van der Waals surface area contributed by atoms with Crippen molar-refractivity contribution in [2.45, 2.75) is 6.42 Å². The Labute approximate surface area is 145 Å². The van der Waals surface area contributed by atoms with Crippen molar-refractivity contribution in [3.05, 3.63) is 41.6 Å². The van der Waals surface area contributed by atoms with Gasteiger partial charge < -0.3 is 24.9 Å². The van der Waals surface area contributed by atoms with Gasteiger partial charge in [-0.05, 0) is 41.8 Å². The van der Waals surface area contributed by atoms with Gasteiger partial charge >= 0.3 is 0 Å². The highest BCUT2D eigenvalue weighted by Crippen LogP contribution is 2.42. The second-order valence-corrected chi connectivity index (χ2v) is 5.91. The quantitative estimate of drug-likeness (QED) is 0.502. The zero-order chi connectivity index (χ0) is 17.4. The first-order valence-corrected chi connectivity index (χ1v) is 8.07. The van der Waals surface area contributed by atoms with Crippen LogP contribution in [0, 0.1) is 0 Å². The monoisotopic (exact) mass is 337 g/mol. The largest absolute Gasteiger partial charge is 0.504 e. The molecule has 0 bridgehead atoms. The van der Waals surface area contributed by atoms with Crippen LogP contribution in [0.1, 0.15) is 11.1 Å². The van der Waals surface area contributed by atoms with Crippen LogP contribution < -0.4 is 14.8 Å². The second kappa shape index (κ2) is 6.05. The molecule has 2 heterocycles. The molecule has 0 unspecified atom stereocenters. The Morgan fingerprint density at radius 1 is 1.16 bits per heavy atom. The van der Waals surface area contributed by atoms with Gasteiger partial charge in [-0.25, -0.2) is 0 Å². The lowest BCUT2D eigenvalue weighted by molar-refractivity contribution is 0.355. The summed E-state index contributed by atoms with van der Waals surface area (Å²) in [5.41, 5.74) is 4.30. The van der Waals surface area contributed by atoms with E-state index in [1.807, 2.05) is 30.5 Å². The van der Waals surface area contributed by atoms with E-state index < -0.39 is 0 Å². The smallest absolute Gasteiger partial charge is 0.165 e. The van der Waals surface area contributed by atoms with E-state index in [4.69, 9.17) is 9.47 Å². The summed E-state index contributed by atoms with van der Waals surface area (Å²) in [6.45, 7) is 0.879. The van der Waals surface area contributed by atoms with Crippen LogP contribution in [-0.4, -0.2) is 37.1 Å². The molecule has 6 nitrogen and oxygen atoms in total. The van der Waals surface area contributed by atoms with Crippen molar-refractivity contribution in [1.82, 2.24) is 4.98 Å². The lowest BCUT2D eigenvalue weighted by Gasteiger charge is -2.16. The number of methoxy groups -OCH3 is 2. The van der Waals surface area contributed by atoms with Gasteiger partial charge in [-0.15, -0.1) is 0 Å². The van der Waals surface area contributed by atoms with E-state index in [9.17, 15) is 5.11 Å². The fraction of sp³-hybridized carbons (Fsp3) is 0.211. The van der Waals surface area contributed by atoms with Crippen molar-refractivity contribution in [2.75, 3.05) is 26.1 Å². The molecule has 1 aromatic heterocycles. The fourth-order valence-corrected chi connectivity index (χ4v) is 3.21. The Morgan fingerprint density at radius 2 is 2.00 bits per heavy atom. The van der Waals surface area contributed by atoms with Crippen LogP contribution in [0.2, 0.25) is 0 Å². The molecule has 6 heteroatoms. The van der Waals surface area contributed by atoms with Crippen LogP contribution in [0.5, 0.6) is 17.2 Å². The molecular formula is C19H19N3O3. The van der Waals surface area contributed by atoms with Gasteiger partial charge in [0.25, 0.3) is 0 Å². The first-order valence-electron chi connectivity index (χ1n) is 8.07. The number of hydrogen-bond donors (Lipinski definition) is 3. The Kier molecular flexibility index (Phi) is 3.72. The molecular weight excluding hydrogens is 318 g/mol. The average molecular weight is 337 g/mol. The van der Waals surface area contributed by atoms with Crippen LogP contribution >= 0.6 is 0 Å². The van der Waals surface area contributed by atoms with Gasteiger partial charge in [-0.2, -0.15) is 0 Å². The summed E-state index contributed by atoms with van der Waals surface area (Å²) in [5, 5.41) is 15.0. The number of aromatic amines is 1. The predicted octanol–water partition coefficient (Wildman–Crippen LogP) is 3.61. The third-order valence-corrected chi connectivity index (χ3v) is 4.46. The molecule has 0 saturated heterocycles. The zero-order valence-corrected chi connectivity index (χ0v) is 14.1. The molecule has 1 aliphatic rings. The number of rotatable bonds is 4. The summed E-state index contributed by atoms with van der Waals surface area (Å²) in [6.07, 6.45) is 4.60. The summed E-state index contributed by atoms with van der Waals surface area (Å²) in [6, 6.07) is 7.43. The summed E-state index contributed by atoms with van der Waals surface area (Å²) in [5.74, 6) is 1.46. The number of ether oxygens (including phenoxy) is 2. The zero-order valence-electron chi connectivity index (χ0n) is 14.1. The predicted molar refractivity (Wildman–Crippen MR) is 99.0 cm³/mol. The van der Waals surface area contributed by atoms with Gasteiger partial charge in [0.15, 0.2) is 17.2 Å². The molecule has 0 aliphatic carbocycles. The topological polar surface area (TPSA) is 78.9 Å². The van der Waals surface area contributed by atoms with Crippen molar-refractivity contribution in [3.63, 3.8) is 0 Å². The summed E-state index contributed by atoms with van der Waals surface area (Å²) < 4.78 is 10.5. The Balaban J connectivity index is 1.74. The molecule has 3 N–H and O–H groups in total. The molecule has 0 spiro atoms. The lowest BCUT2D eigenvalue weighted by atomic mass is 10.0. The maximum Gasteiger partial charge on any atom is 0.165 e. The normalized spacial score (nSPS) is 13.2. The number of aromatic hydroxyl groups is 1.